The fourth-order valence-electron chi connectivity index (χ4n) is 3.31. The molecular formula is C19H21F2N5O2S. The number of anilines is 1. The smallest absolute Gasteiger partial charge is 0.296 e. The summed E-state index contributed by atoms with van der Waals surface area (Å²) in [6.45, 7) is 4.34. The monoisotopic (exact) mass is 421 g/mol. The molecule has 3 heterocycles. The maximum absolute atomic E-state index is 14.1. The first-order valence-corrected chi connectivity index (χ1v) is 10.2. The summed E-state index contributed by atoms with van der Waals surface area (Å²) in [6.07, 6.45) is 3.95. The minimum atomic E-state index is -0.736. The number of aromatic nitrogens is 3. The van der Waals surface area contributed by atoms with Crippen LogP contribution in [0, 0.1) is 11.6 Å². The molecular weight excluding hydrogens is 400 g/mol. The van der Waals surface area contributed by atoms with Crippen molar-refractivity contribution in [3.8, 4) is 0 Å². The number of thiazole rings is 1. The third kappa shape index (κ3) is 4.29. The Hall–Kier alpha value is -2.43. The molecule has 1 amide bonds. The van der Waals surface area contributed by atoms with Crippen LogP contribution in [-0.2, 0) is 11.8 Å². The zero-order valence-corrected chi connectivity index (χ0v) is 16.8. The molecule has 1 aliphatic rings. The molecule has 154 valence electrons. The average Bonchev–Trinajstić information content (AvgIpc) is 3.32. The molecule has 3 aromatic rings. The quantitative estimate of drug-likeness (QED) is 0.612. The molecule has 0 atom stereocenters. The Bertz CT molecular complexity index is 1020. The zero-order chi connectivity index (χ0) is 20.4. The van der Waals surface area contributed by atoms with Crippen LogP contribution < -0.4 is 4.90 Å². The zero-order valence-electron chi connectivity index (χ0n) is 16.0. The Morgan fingerprint density at radius 1 is 1.31 bits per heavy atom. The molecule has 10 heteroatoms. The fraction of sp³-hybridized carbons (Fsp3) is 0.421. The number of aryl methyl sites for hydroxylation is 1. The van der Waals surface area contributed by atoms with Crippen LogP contribution in [0.5, 0.6) is 0 Å². The van der Waals surface area contributed by atoms with Crippen LogP contribution in [0.15, 0.2) is 24.5 Å². The van der Waals surface area contributed by atoms with Gasteiger partial charge in [-0.1, -0.05) is 11.3 Å². The number of benzene rings is 1. The van der Waals surface area contributed by atoms with Crippen LogP contribution in [0.2, 0.25) is 0 Å². The van der Waals surface area contributed by atoms with E-state index in [9.17, 15) is 13.6 Å². The van der Waals surface area contributed by atoms with E-state index in [1.54, 1.807) is 24.0 Å². The number of nitrogens with zero attached hydrogens (tertiary/aromatic N) is 5. The van der Waals surface area contributed by atoms with E-state index < -0.39 is 11.6 Å². The van der Waals surface area contributed by atoms with Gasteiger partial charge in [0.15, 0.2) is 16.8 Å². The first-order chi connectivity index (χ1) is 14.0. The Morgan fingerprint density at radius 3 is 2.83 bits per heavy atom. The minimum absolute atomic E-state index is 0.0669. The molecule has 1 aliphatic heterocycles. The summed E-state index contributed by atoms with van der Waals surface area (Å²) >= 11 is 1.09. The van der Waals surface area contributed by atoms with Gasteiger partial charge >= 0.3 is 0 Å². The third-order valence-corrected chi connectivity index (χ3v) is 5.88. The van der Waals surface area contributed by atoms with Gasteiger partial charge in [-0.05, 0) is 12.5 Å². The van der Waals surface area contributed by atoms with E-state index in [4.69, 9.17) is 4.74 Å². The van der Waals surface area contributed by atoms with Gasteiger partial charge in [-0.3, -0.25) is 14.6 Å². The standard InChI is InChI=1S/C19H21F2N5O2S/c1-24-6-3-22-17(24)18(27)26(5-2-4-25-7-9-28-10-8-25)19-23-16-14(21)11-13(20)12-15(16)29-19/h3,6,11-12H,2,4-5,7-10H2,1H3. The van der Waals surface area contributed by atoms with Gasteiger partial charge < -0.3 is 9.30 Å². The summed E-state index contributed by atoms with van der Waals surface area (Å²) in [5.41, 5.74) is 0.0669. The minimum Gasteiger partial charge on any atom is -0.379 e. The Morgan fingerprint density at radius 2 is 2.10 bits per heavy atom. The summed E-state index contributed by atoms with van der Waals surface area (Å²) in [7, 11) is 1.74. The molecule has 0 saturated carbocycles. The molecule has 29 heavy (non-hydrogen) atoms. The second-order valence-corrected chi connectivity index (χ2v) is 7.87. The third-order valence-electron chi connectivity index (χ3n) is 4.85. The molecule has 1 aromatic carbocycles. The Kier molecular flexibility index (Phi) is 5.84. The summed E-state index contributed by atoms with van der Waals surface area (Å²) in [5.74, 6) is -1.46. The molecule has 2 aromatic heterocycles. The number of fused-ring (bicyclic) bond motifs is 1. The SMILES string of the molecule is Cn1ccnc1C(=O)N(CCCN1CCOCC1)c1nc2c(F)cc(F)cc2s1. The largest absolute Gasteiger partial charge is 0.379 e. The fourth-order valence-corrected chi connectivity index (χ4v) is 4.34. The highest BCUT2D eigenvalue weighted by Crippen LogP contribution is 2.32. The second-order valence-electron chi connectivity index (χ2n) is 6.86. The molecule has 1 fully saturated rings. The van der Waals surface area contributed by atoms with E-state index in [1.807, 2.05) is 0 Å². The van der Waals surface area contributed by atoms with Crippen molar-refractivity contribution in [3.05, 3.63) is 42.0 Å². The normalized spacial score (nSPS) is 15.1. The van der Waals surface area contributed by atoms with Gasteiger partial charge in [0.2, 0.25) is 0 Å². The Balaban J connectivity index is 1.60. The number of halogens is 2. The number of hydrogen-bond donors (Lipinski definition) is 0. The molecule has 4 rings (SSSR count). The lowest BCUT2D eigenvalue weighted by molar-refractivity contribution is 0.0376. The van der Waals surface area contributed by atoms with Gasteiger partial charge in [0.05, 0.1) is 17.9 Å². The predicted molar refractivity (Wildman–Crippen MR) is 106 cm³/mol. The summed E-state index contributed by atoms with van der Waals surface area (Å²) < 4.78 is 35.1. The van der Waals surface area contributed by atoms with Crippen LogP contribution in [0.4, 0.5) is 13.9 Å². The van der Waals surface area contributed by atoms with Crippen molar-refractivity contribution in [1.82, 2.24) is 19.4 Å². The molecule has 7 nitrogen and oxygen atoms in total. The van der Waals surface area contributed by atoms with Crippen LogP contribution >= 0.6 is 11.3 Å². The van der Waals surface area contributed by atoms with Crippen LogP contribution in [0.25, 0.3) is 10.2 Å². The van der Waals surface area contributed by atoms with Crippen molar-refractivity contribution in [2.75, 3.05) is 44.3 Å². The molecule has 1 saturated heterocycles. The highest BCUT2D eigenvalue weighted by atomic mass is 32.1. The van der Waals surface area contributed by atoms with E-state index in [-0.39, 0.29) is 17.2 Å². The van der Waals surface area contributed by atoms with Crippen molar-refractivity contribution < 1.29 is 18.3 Å². The molecule has 0 radical (unpaired) electrons. The molecule has 0 unspecified atom stereocenters. The lowest BCUT2D eigenvalue weighted by Gasteiger charge is -2.27. The molecule has 0 bridgehead atoms. The maximum Gasteiger partial charge on any atom is 0.296 e. The first kappa shape index (κ1) is 19.9. The van der Waals surface area contributed by atoms with Crippen molar-refractivity contribution in [1.29, 1.82) is 0 Å². The van der Waals surface area contributed by atoms with E-state index in [0.717, 1.165) is 37.0 Å². The van der Waals surface area contributed by atoms with E-state index in [2.05, 4.69) is 14.9 Å². The van der Waals surface area contributed by atoms with Gasteiger partial charge in [0, 0.05) is 51.7 Å². The number of carbonyl (C=O) groups excluding carboxylic acids is 1. The lowest BCUT2D eigenvalue weighted by atomic mass is 10.3. The van der Waals surface area contributed by atoms with E-state index >= 15 is 0 Å². The van der Waals surface area contributed by atoms with E-state index in [1.165, 1.54) is 11.0 Å². The number of morpholine rings is 1. The van der Waals surface area contributed by atoms with E-state index in [0.29, 0.717) is 36.0 Å². The van der Waals surface area contributed by atoms with Crippen molar-refractivity contribution in [3.63, 3.8) is 0 Å². The highest BCUT2D eigenvalue weighted by Gasteiger charge is 2.25. The van der Waals surface area contributed by atoms with Gasteiger partial charge in [-0.15, -0.1) is 0 Å². The Labute approximate surface area is 170 Å². The molecule has 0 N–H and O–H groups in total. The number of carbonyl (C=O) groups is 1. The summed E-state index contributed by atoms with van der Waals surface area (Å²) in [4.78, 5) is 25.4. The predicted octanol–water partition coefficient (Wildman–Crippen LogP) is 2.68. The maximum atomic E-state index is 14.1. The van der Waals surface area contributed by atoms with Crippen molar-refractivity contribution in [2.45, 2.75) is 6.42 Å². The summed E-state index contributed by atoms with van der Waals surface area (Å²) in [5, 5.41) is 0.333. The van der Waals surface area contributed by atoms with Crippen LogP contribution in [0.3, 0.4) is 0 Å². The van der Waals surface area contributed by atoms with Gasteiger partial charge in [-0.25, -0.2) is 18.7 Å². The molecule has 0 aliphatic carbocycles. The van der Waals surface area contributed by atoms with Gasteiger partial charge in [-0.2, -0.15) is 0 Å². The number of ether oxygens (including phenoxy) is 1. The lowest BCUT2D eigenvalue weighted by Crippen LogP contribution is -2.39. The number of imidazole rings is 1. The van der Waals surface area contributed by atoms with Crippen LogP contribution in [-0.4, -0.2) is 64.7 Å². The second kappa shape index (κ2) is 8.52. The highest BCUT2D eigenvalue weighted by molar-refractivity contribution is 7.22. The van der Waals surface area contributed by atoms with Crippen LogP contribution in [0.1, 0.15) is 17.0 Å². The summed E-state index contributed by atoms with van der Waals surface area (Å²) in [6, 6.07) is 2.03. The van der Waals surface area contributed by atoms with Gasteiger partial charge in [0.25, 0.3) is 5.91 Å². The number of rotatable bonds is 6. The van der Waals surface area contributed by atoms with Gasteiger partial charge in [0.1, 0.15) is 11.3 Å². The number of hydrogen-bond acceptors (Lipinski definition) is 6. The number of amides is 1. The first-order valence-electron chi connectivity index (χ1n) is 9.38. The average molecular weight is 421 g/mol. The molecule has 0 spiro atoms. The van der Waals surface area contributed by atoms with Crippen molar-refractivity contribution in [2.24, 2.45) is 7.05 Å². The van der Waals surface area contributed by atoms with Crippen molar-refractivity contribution >= 4 is 32.6 Å². The topological polar surface area (TPSA) is 63.5 Å².